The summed E-state index contributed by atoms with van der Waals surface area (Å²) >= 11 is 9.68. The smallest absolute Gasteiger partial charge is 0.269 e. The maximum absolute atomic E-state index is 13.8. The Labute approximate surface area is 215 Å². The first kappa shape index (κ1) is 25.4. The molecule has 4 rings (SSSR count). The van der Waals surface area contributed by atoms with Crippen molar-refractivity contribution in [2.45, 2.75) is 17.4 Å². The van der Waals surface area contributed by atoms with Crippen molar-refractivity contribution in [3.05, 3.63) is 76.3 Å². The highest BCUT2D eigenvalue weighted by atomic mass is 32.2. The lowest BCUT2D eigenvalue weighted by molar-refractivity contribution is -0.384. The van der Waals surface area contributed by atoms with Crippen LogP contribution in [0.1, 0.15) is 5.56 Å². The molecule has 0 N–H and O–H groups in total. The lowest BCUT2D eigenvalue weighted by Crippen LogP contribution is -2.56. The number of hydrogen-bond acceptors (Lipinski definition) is 6. The maximum Gasteiger partial charge on any atom is 0.269 e. The minimum Gasteiger partial charge on any atom is -0.377 e. The molecule has 1 aliphatic heterocycles. The number of thiocarbonyl (C=S) groups is 1. The topological polar surface area (TPSA) is 87.0 Å². The van der Waals surface area contributed by atoms with Gasteiger partial charge in [0, 0.05) is 68.4 Å². The first-order chi connectivity index (χ1) is 16.6. The minimum absolute atomic E-state index is 0.0104. The Morgan fingerprint density at radius 2 is 1.74 bits per heavy atom. The molecular formula is C24H26N4O4S3. The van der Waals surface area contributed by atoms with Crippen LogP contribution in [0, 0.1) is 10.1 Å². The van der Waals surface area contributed by atoms with E-state index in [-0.39, 0.29) is 29.7 Å². The third kappa shape index (κ3) is 5.13. The van der Waals surface area contributed by atoms with Gasteiger partial charge in [0.25, 0.3) is 5.69 Å². The Kier molecular flexibility index (Phi) is 7.32. The Morgan fingerprint density at radius 3 is 2.37 bits per heavy atom. The van der Waals surface area contributed by atoms with Crippen molar-refractivity contribution in [2.75, 3.05) is 38.6 Å². The molecule has 1 unspecified atom stereocenters. The number of piperazine rings is 1. The Hall–Kier alpha value is -2.73. The van der Waals surface area contributed by atoms with Crippen LogP contribution in [-0.2, 0) is 16.4 Å². The molecule has 8 nitrogen and oxygen atoms in total. The number of sulfonamides is 1. The molecule has 3 aromatic rings. The van der Waals surface area contributed by atoms with E-state index < -0.39 is 14.9 Å². The summed E-state index contributed by atoms with van der Waals surface area (Å²) in [5.74, 6) is 0. The van der Waals surface area contributed by atoms with E-state index in [4.69, 9.17) is 12.2 Å². The van der Waals surface area contributed by atoms with Gasteiger partial charge in [-0.05, 0) is 24.1 Å². The van der Waals surface area contributed by atoms with Crippen LogP contribution < -0.4 is 4.90 Å². The van der Waals surface area contributed by atoms with Crippen molar-refractivity contribution in [3.8, 4) is 0 Å². The number of nitro groups is 1. The van der Waals surface area contributed by atoms with Crippen LogP contribution in [0.15, 0.2) is 65.6 Å². The van der Waals surface area contributed by atoms with Crippen LogP contribution in [0.5, 0.6) is 0 Å². The van der Waals surface area contributed by atoms with E-state index in [1.165, 1.54) is 16.4 Å². The second-order valence-electron chi connectivity index (χ2n) is 8.64. The lowest BCUT2D eigenvalue weighted by Gasteiger charge is -2.41. The van der Waals surface area contributed by atoms with E-state index in [9.17, 15) is 18.5 Å². The Balaban J connectivity index is 1.66. The van der Waals surface area contributed by atoms with Crippen LogP contribution >= 0.6 is 24.8 Å². The second kappa shape index (κ2) is 10.1. The highest BCUT2D eigenvalue weighted by Gasteiger charge is 2.35. The van der Waals surface area contributed by atoms with Gasteiger partial charge in [-0.1, -0.05) is 48.6 Å². The second-order valence-corrected chi connectivity index (χ2v) is 11.7. The van der Waals surface area contributed by atoms with Crippen LogP contribution in [-0.4, -0.2) is 66.6 Å². The van der Waals surface area contributed by atoms with Gasteiger partial charge in [-0.25, -0.2) is 8.42 Å². The zero-order chi connectivity index (χ0) is 25.3. The summed E-state index contributed by atoms with van der Waals surface area (Å²) < 4.78 is 29.6. The molecular weight excluding hydrogens is 504 g/mol. The minimum atomic E-state index is -3.79. The number of non-ortho nitro benzene ring substituents is 1. The van der Waals surface area contributed by atoms with E-state index in [0.717, 1.165) is 16.6 Å². The standard InChI is InChI=1S/C24H26N4O4S3/c1-25(2)22-7-3-6-21-20(22)5-4-8-23(21)35(31,32)26-13-14-27(24(33)34)19(16-26)15-17-9-11-18(12-10-17)28(29)30/h3-12,19H,13-16H2,1-2H3,(H,33,34). The summed E-state index contributed by atoms with van der Waals surface area (Å²) in [5.41, 5.74) is 1.81. The normalized spacial score (nSPS) is 16.9. The fourth-order valence-electron chi connectivity index (χ4n) is 4.52. The van der Waals surface area contributed by atoms with Gasteiger partial charge in [-0.2, -0.15) is 4.31 Å². The highest BCUT2D eigenvalue weighted by molar-refractivity contribution is 8.10. The van der Waals surface area contributed by atoms with Crippen molar-refractivity contribution < 1.29 is 13.3 Å². The molecule has 0 spiro atoms. The van der Waals surface area contributed by atoms with Gasteiger partial charge in [0.2, 0.25) is 10.0 Å². The van der Waals surface area contributed by atoms with Gasteiger partial charge in [0.1, 0.15) is 4.32 Å². The number of benzene rings is 3. The summed E-state index contributed by atoms with van der Waals surface area (Å²) in [6.45, 7) is 0.917. The number of nitrogens with zero attached hydrogens (tertiary/aromatic N) is 4. The monoisotopic (exact) mass is 530 g/mol. The molecule has 0 saturated carbocycles. The van der Waals surface area contributed by atoms with Crippen molar-refractivity contribution in [1.29, 1.82) is 0 Å². The molecule has 0 aliphatic carbocycles. The van der Waals surface area contributed by atoms with Crippen molar-refractivity contribution in [3.63, 3.8) is 0 Å². The van der Waals surface area contributed by atoms with Crippen molar-refractivity contribution >= 4 is 61.3 Å². The molecule has 0 aromatic heterocycles. The fraction of sp³-hybridized carbons (Fsp3) is 0.292. The maximum atomic E-state index is 13.8. The zero-order valence-corrected chi connectivity index (χ0v) is 21.9. The van der Waals surface area contributed by atoms with E-state index >= 15 is 0 Å². The molecule has 1 atom stereocenters. The number of fused-ring (bicyclic) bond motifs is 1. The molecule has 1 fully saturated rings. The predicted molar refractivity (Wildman–Crippen MR) is 146 cm³/mol. The SMILES string of the molecule is CN(C)c1cccc2c(S(=O)(=O)N3CCN(C(=S)S)C(Cc4ccc([N+](=O)[O-])cc4)C3)cccc12. The van der Waals surface area contributed by atoms with Crippen LogP contribution in [0.3, 0.4) is 0 Å². The molecule has 1 aliphatic rings. The average molecular weight is 531 g/mol. The van der Waals surface area contributed by atoms with Gasteiger partial charge < -0.3 is 9.80 Å². The molecule has 184 valence electrons. The molecule has 3 aromatic carbocycles. The summed E-state index contributed by atoms with van der Waals surface area (Å²) in [6, 6.07) is 17.1. The Bertz CT molecular complexity index is 1380. The number of nitro benzene ring substituents is 1. The van der Waals surface area contributed by atoms with Gasteiger partial charge in [-0.3, -0.25) is 10.1 Å². The highest BCUT2D eigenvalue weighted by Crippen LogP contribution is 2.32. The average Bonchev–Trinajstić information content (AvgIpc) is 2.83. The van der Waals surface area contributed by atoms with Gasteiger partial charge in [0.05, 0.1) is 9.82 Å². The molecule has 35 heavy (non-hydrogen) atoms. The fourth-order valence-corrected chi connectivity index (χ4v) is 6.69. The summed E-state index contributed by atoms with van der Waals surface area (Å²) in [6.07, 6.45) is 0.477. The zero-order valence-electron chi connectivity index (χ0n) is 19.4. The summed E-state index contributed by atoms with van der Waals surface area (Å²) in [7, 11) is 0.0650. The molecule has 1 heterocycles. The molecule has 0 amide bonds. The van der Waals surface area contributed by atoms with Crippen LogP contribution in [0.2, 0.25) is 0 Å². The third-order valence-electron chi connectivity index (χ3n) is 6.27. The number of thiol groups is 1. The lowest BCUT2D eigenvalue weighted by atomic mass is 10.0. The van der Waals surface area contributed by atoms with E-state index in [0.29, 0.717) is 22.7 Å². The predicted octanol–water partition coefficient (Wildman–Crippen LogP) is 3.95. The van der Waals surface area contributed by atoms with E-state index in [1.807, 2.05) is 48.2 Å². The summed E-state index contributed by atoms with van der Waals surface area (Å²) in [4.78, 5) is 14.7. The van der Waals surface area contributed by atoms with E-state index in [1.54, 1.807) is 24.3 Å². The van der Waals surface area contributed by atoms with Crippen LogP contribution in [0.4, 0.5) is 11.4 Å². The van der Waals surface area contributed by atoms with Gasteiger partial charge >= 0.3 is 0 Å². The Morgan fingerprint density at radius 1 is 1.09 bits per heavy atom. The van der Waals surface area contributed by atoms with Gasteiger partial charge in [0.15, 0.2) is 0 Å². The summed E-state index contributed by atoms with van der Waals surface area (Å²) in [5, 5.41) is 12.5. The van der Waals surface area contributed by atoms with E-state index in [2.05, 4.69) is 12.6 Å². The molecule has 11 heteroatoms. The third-order valence-corrected chi connectivity index (χ3v) is 8.68. The number of anilines is 1. The molecule has 0 bridgehead atoms. The first-order valence-electron chi connectivity index (χ1n) is 11.0. The largest absolute Gasteiger partial charge is 0.377 e. The number of hydrogen-bond donors (Lipinski definition) is 1. The first-order valence-corrected chi connectivity index (χ1v) is 13.3. The van der Waals surface area contributed by atoms with Crippen molar-refractivity contribution in [1.82, 2.24) is 9.21 Å². The number of rotatable bonds is 6. The van der Waals surface area contributed by atoms with Crippen molar-refractivity contribution in [2.24, 2.45) is 0 Å². The van der Waals surface area contributed by atoms with Crippen LogP contribution in [0.25, 0.3) is 10.8 Å². The molecule has 1 saturated heterocycles. The molecule has 0 radical (unpaired) electrons. The van der Waals surface area contributed by atoms with Gasteiger partial charge in [-0.15, -0.1) is 12.6 Å². The quantitative estimate of drug-likeness (QED) is 0.224.